The van der Waals surface area contributed by atoms with E-state index in [9.17, 15) is 9.59 Å². The minimum atomic E-state index is -0.319. The Morgan fingerprint density at radius 3 is 2.52 bits per heavy atom. The van der Waals surface area contributed by atoms with Crippen LogP contribution in [-0.4, -0.2) is 31.6 Å². The molecule has 1 amide bonds. The molecule has 0 aliphatic carbocycles. The quantitative estimate of drug-likeness (QED) is 0.858. The van der Waals surface area contributed by atoms with Gasteiger partial charge in [0.05, 0.1) is 6.54 Å². The monoisotopic (exact) mass is 318 g/mol. The van der Waals surface area contributed by atoms with Crippen molar-refractivity contribution in [3.8, 4) is 0 Å². The largest absolute Gasteiger partial charge is 0.340 e. The lowest BCUT2D eigenvalue weighted by molar-refractivity contribution is 0.0680. The lowest BCUT2D eigenvalue weighted by Gasteiger charge is -2.26. The van der Waals surface area contributed by atoms with Crippen LogP contribution in [0.25, 0.3) is 0 Å². The number of carbonyl (C=O) groups is 1. The molecule has 0 atom stereocenters. The molecule has 0 aromatic carbocycles. The highest BCUT2D eigenvalue weighted by Crippen LogP contribution is 2.13. The van der Waals surface area contributed by atoms with Gasteiger partial charge in [-0.15, -0.1) is 0 Å². The lowest BCUT2D eigenvalue weighted by atomic mass is 10.1. The molecule has 0 radical (unpaired) electrons. The van der Waals surface area contributed by atoms with Gasteiger partial charge in [0, 0.05) is 25.7 Å². The molecule has 2 aromatic rings. The van der Waals surface area contributed by atoms with Crippen molar-refractivity contribution in [1.29, 1.82) is 0 Å². The van der Waals surface area contributed by atoms with E-state index in [0.29, 0.717) is 17.3 Å². The summed E-state index contributed by atoms with van der Waals surface area (Å²) in [4.78, 5) is 31.1. The number of nitrogens with zero attached hydrogens (tertiary/aromatic N) is 4. The molecular formula is C16H22N4O3. The van der Waals surface area contributed by atoms with E-state index in [0.717, 1.165) is 5.69 Å². The lowest BCUT2D eigenvalue weighted by Crippen LogP contribution is -2.41. The maximum absolute atomic E-state index is 12.9. The number of hydrogen-bond donors (Lipinski definition) is 0. The predicted octanol–water partition coefficient (Wildman–Crippen LogP) is 1.74. The van der Waals surface area contributed by atoms with Gasteiger partial charge in [-0.2, -0.15) is 4.98 Å². The number of aryl methyl sites for hydroxylation is 3. The van der Waals surface area contributed by atoms with E-state index in [-0.39, 0.29) is 29.6 Å². The highest BCUT2D eigenvalue weighted by molar-refractivity contribution is 5.95. The van der Waals surface area contributed by atoms with Crippen LogP contribution in [0.2, 0.25) is 0 Å². The molecule has 2 aromatic heterocycles. The van der Waals surface area contributed by atoms with Crippen molar-refractivity contribution in [3.05, 3.63) is 45.0 Å². The van der Waals surface area contributed by atoms with Gasteiger partial charge in [-0.05, 0) is 39.3 Å². The first kappa shape index (κ1) is 16.9. The Bertz CT molecular complexity index is 789. The third-order valence-electron chi connectivity index (χ3n) is 3.85. The summed E-state index contributed by atoms with van der Waals surface area (Å²) < 4.78 is 6.43. The van der Waals surface area contributed by atoms with Crippen LogP contribution in [0.1, 0.15) is 47.2 Å². The Labute approximate surface area is 134 Å². The maximum atomic E-state index is 12.9. The first-order chi connectivity index (χ1) is 10.7. The van der Waals surface area contributed by atoms with E-state index in [1.165, 1.54) is 4.57 Å². The molecule has 0 fully saturated rings. The zero-order chi connectivity index (χ0) is 17.3. The molecule has 2 rings (SSSR count). The Hall–Kier alpha value is -2.44. The van der Waals surface area contributed by atoms with Gasteiger partial charge >= 0.3 is 0 Å². The minimum absolute atomic E-state index is 0.105. The first-order valence-corrected chi connectivity index (χ1v) is 7.49. The molecule has 124 valence electrons. The van der Waals surface area contributed by atoms with Gasteiger partial charge in [-0.1, -0.05) is 5.16 Å². The average molecular weight is 318 g/mol. The van der Waals surface area contributed by atoms with E-state index in [1.54, 1.807) is 25.8 Å². The van der Waals surface area contributed by atoms with Crippen LogP contribution < -0.4 is 5.56 Å². The summed E-state index contributed by atoms with van der Waals surface area (Å²) in [5, 5.41) is 3.83. The predicted molar refractivity (Wildman–Crippen MR) is 85.2 cm³/mol. The van der Waals surface area contributed by atoms with Gasteiger partial charge in [0.15, 0.2) is 5.82 Å². The molecule has 0 saturated carbocycles. The van der Waals surface area contributed by atoms with Crippen molar-refractivity contribution in [2.45, 2.75) is 47.2 Å². The van der Waals surface area contributed by atoms with Crippen LogP contribution in [0.3, 0.4) is 0 Å². The van der Waals surface area contributed by atoms with Crippen LogP contribution in [0.5, 0.6) is 0 Å². The van der Waals surface area contributed by atoms with E-state index in [2.05, 4.69) is 10.1 Å². The van der Waals surface area contributed by atoms with Crippen molar-refractivity contribution in [2.75, 3.05) is 0 Å². The number of pyridine rings is 1. The second-order valence-corrected chi connectivity index (χ2v) is 5.96. The van der Waals surface area contributed by atoms with E-state index < -0.39 is 0 Å². The number of hydrogen-bond acceptors (Lipinski definition) is 5. The zero-order valence-corrected chi connectivity index (χ0v) is 14.4. The normalized spacial score (nSPS) is 11.1. The third-order valence-corrected chi connectivity index (χ3v) is 3.85. The maximum Gasteiger partial charge on any atom is 0.263 e. The molecule has 0 N–H and O–H groups in total. The summed E-state index contributed by atoms with van der Waals surface area (Å²) in [7, 11) is 1.66. The summed E-state index contributed by atoms with van der Waals surface area (Å²) >= 11 is 0. The van der Waals surface area contributed by atoms with Crippen molar-refractivity contribution in [1.82, 2.24) is 19.6 Å². The summed E-state index contributed by atoms with van der Waals surface area (Å²) in [6, 6.07) is 1.73. The van der Waals surface area contributed by atoms with Crippen molar-refractivity contribution < 1.29 is 9.32 Å². The number of aromatic nitrogens is 3. The SMILES string of the molecule is Cc1nc(CN(C(=O)c2c(C)cc(C)n(C)c2=O)C(C)C)no1. The highest BCUT2D eigenvalue weighted by Gasteiger charge is 2.25. The molecule has 7 heteroatoms. The van der Waals surface area contributed by atoms with Crippen LogP contribution in [0, 0.1) is 20.8 Å². The molecule has 7 nitrogen and oxygen atoms in total. The van der Waals surface area contributed by atoms with Gasteiger partial charge in [0.1, 0.15) is 5.56 Å². The van der Waals surface area contributed by atoms with Crippen LogP contribution in [0.15, 0.2) is 15.4 Å². The molecule has 23 heavy (non-hydrogen) atoms. The fraction of sp³-hybridized carbons (Fsp3) is 0.500. The Morgan fingerprint density at radius 2 is 2.00 bits per heavy atom. The molecule has 0 aliphatic rings. The van der Waals surface area contributed by atoms with E-state index >= 15 is 0 Å². The standard InChI is InChI=1S/C16H22N4O3/c1-9(2)20(8-13-17-12(5)23-18-13)16(22)14-10(3)7-11(4)19(6)15(14)21/h7,9H,8H2,1-6H3. The Morgan fingerprint density at radius 1 is 1.35 bits per heavy atom. The minimum Gasteiger partial charge on any atom is -0.340 e. The van der Waals surface area contributed by atoms with Crippen molar-refractivity contribution in [3.63, 3.8) is 0 Å². The molecule has 2 heterocycles. The van der Waals surface area contributed by atoms with Crippen molar-refractivity contribution >= 4 is 5.91 Å². The highest BCUT2D eigenvalue weighted by atomic mass is 16.5. The third kappa shape index (κ3) is 3.33. The van der Waals surface area contributed by atoms with Crippen LogP contribution in [-0.2, 0) is 13.6 Å². The van der Waals surface area contributed by atoms with Crippen molar-refractivity contribution in [2.24, 2.45) is 7.05 Å². The fourth-order valence-electron chi connectivity index (χ4n) is 2.43. The molecular weight excluding hydrogens is 296 g/mol. The number of carbonyl (C=O) groups excluding carboxylic acids is 1. The molecule has 0 unspecified atom stereocenters. The smallest absolute Gasteiger partial charge is 0.263 e. The number of rotatable bonds is 4. The summed E-state index contributed by atoms with van der Waals surface area (Å²) in [6.45, 7) is 9.28. The van der Waals surface area contributed by atoms with Gasteiger partial charge in [0.2, 0.25) is 5.89 Å². The average Bonchev–Trinajstić information content (AvgIpc) is 2.87. The van der Waals surface area contributed by atoms with Crippen LogP contribution in [0.4, 0.5) is 0 Å². The molecule has 0 aliphatic heterocycles. The zero-order valence-electron chi connectivity index (χ0n) is 14.4. The Balaban J connectivity index is 2.43. The fourth-order valence-corrected chi connectivity index (χ4v) is 2.43. The van der Waals surface area contributed by atoms with Gasteiger partial charge in [0.25, 0.3) is 11.5 Å². The van der Waals surface area contributed by atoms with Crippen LogP contribution >= 0.6 is 0 Å². The van der Waals surface area contributed by atoms with Gasteiger partial charge < -0.3 is 14.0 Å². The molecule has 0 saturated heterocycles. The second-order valence-electron chi connectivity index (χ2n) is 5.96. The van der Waals surface area contributed by atoms with E-state index in [1.807, 2.05) is 26.8 Å². The second kappa shape index (κ2) is 6.36. The molecule has 0 spiro atoms. The number of amides is 1. The summed E-state index contributed by atoms with van der Waals surface area (Å²) in [6.07, 6.45) is 0. The van der Waals surface area contributed by atoms with Gasteiger partial charge in [-0.25, -0.2) is 0 Å². The first-order valence-electron chi connectivity index (χ1n) is 7.49. The summed E-state index contributed by atoms with van der Waals surface area (Å²) in [5.74, 6) is 0.547. The Kier molecular flexibility index (Phi) is 4.68. The molecule has 0 bridgehead atoms. The topological polar surface area (TPSA) is 81.2 Å². The summed E-state index contributed by atoms with van der Waals surface area (Å²) in [5.41, 5.74) is 1.38. The van der Waals surface area contributed by atoms with E-state index in [4.69, 9.17) is 4.52 Å². The van der Waals surface area contributed by atoms with Gasteiger partial charge in [-0.3, -0.25) is 9.59 Å².